The lowest BCUT2D eigenvalue weighted by Crippen LogP contribution is -2.29. The Morgan fingerprint density at radius 2 is 0.896 bits per heavy atom. The summed E-state index contributed by atoms with van der Waals surface area (Å²) in [6.45, 7) is 9.16. The van der Waals surface area contributed by atoms with E-state index in [1.54, 1.807) is 0 Å². The maximum atomic E-state index is 13.2. The number of rotatable bonds is 13. The molecule has 0 aromatic heterocycles. The first-order valence-corrected chi connectivity index (χ1v) is 18.4. The van der Waals surface area contributed by atoms with Gasteiger partial charge in [0.05, 0.1) is 0 Å². The zero-order valence-corrected chi connectivity index (χ0v) is 30.3. The number of fused-ring (bicyclic) bond motifs is 2. The van der Waals surface area contributed by atoms with Crippen molar-refractivity contribution in [2.24, 2.45) is 0 Å². The third-order valence-corrected chi connectivity index (χ3v) is 10.8. The number of likely N-dealkylation sites (N-methyl/N-ethyl adjacent to an activating group) is 2. The summed E-state index contributed by atoms with van der Waals surface area (Å²) >= 11 is 0. The Balaban J connectivity index is 1.26. The number of carbonyl (C=O) groups excluding carboxylic acids is 1. The highest BCUT2D eigenvalue weighted by Crippen LogP contribution is 2.53. The molecule has 1 saturated carbocycles. The molecule has 0 atom stereocenters. The molecule has 3 nitrogen and oxygen atoms in total. The second-order valence-electron chi connectivity index (χ2n) is 13.8. The fourth-order valence-corrected chi connectivity index (χ4v) is 8.86. The van der Waals surface area contributed by atoms with Crippen molar-refractivity contribution in [1.82, 2.24) is 0 Å². The largest absolute Gasteiger partial charge is 0.347 e. The van der Waals surface area contributed by atoms with Crippen LogP contribution in [0.15, 0.2) is 132 Å². The molecule has 0 amide bonds. The Morgan fingerprint density at radius 3 is 1.31 bits per heavy atom. The first kappa shape index (κ1) is 35.2. The number of anilines is 2. The van der Waals surface area contributed by atoms with Crippen LogP contribution in [0.5, 0.6) is 0 Å². The smallest absolute Gasteiger partial charge is 0.185 e. The van der Waals surface area contributed by atoms with E-state index in [1.165, 1.54) is 33.9 Å². The van der Waals surface area contributed by atoms with Crippen LogP contribution in [0, 0.1) is 0 Å². The molecule has 0 bridgehead atoms. The molecular formula is C45H56N2O. The number of ketones is 1. The van der Waals surface area contributed by atoms with Crippen LogP contribution < -0.4 is 9.80 Å². The standard InChI is InChI=1S/C45H56N2O/c1-7-31-44(32-8-2)37-23-16-18-25-39(37)46(5)41(44)27-14-12-11-13-21-35-29-30-36(43(35)48)22-15-20-28-42-45(33-9-3,34-10-4)38-24-17-19-26-40(38)47(42)6/h11-28H,7-10,29-34H2,1-6H3/b13-11+,14-12+,20-15+,35-21+,36-22+,41-27+,42-28+. The van der Waals surface area contributed by atoms with Crippen LogP contribution in [0.3, 0.4) is 0 Å². The predicted molar refractivity (Wildman–Crippen MR) is 207 cm³/mol. The molecule has 2 aromatic rings. The van der Waals surface area contributed by atoms with Gasteiger partial charge >= 0.3 is 0 Å². The quantitative estimate of drug-likeness (QED) is 0.161. The summed E-state index contributed by atoms with van der Waals surface area (Å²) in [4.78, 5) is 18.0. The fraction of sp³-hybridized carbons (Fsp3) is 0.400. The van der Waals surface area contributed by atoms with Crippen LogP contribution in [0.1, 0.15) is 103 Å². The lowest BCUT2D eigenvalue weighted by Gasteiger charge is -2.32. The first-order valence-electron chi connectivity index (χ1n) is 18.4. The summed E-state index contributed by atoms with van der Waals surface area (Å²) in [6.07, 6.45) is 31.9. The average molecular weight is 641 g/mol. The van der Waals surface area contributed by atoms with Gasteiger partial charge in [-0.05, 0) is 73.9 Å². The highest BCUT2D eigenvalue weighted by atomic mass is 16.1. The van der Waals surface area contributed by atoms with E-state index in [0.717, 1.165) is 75.4 Å². The average Bonchev–Trinajstić information content (AvgIpc) is 3.64. The third kappa shape index (κ3) is 6.62. The predicted octanol–water partition coefficient (Wildman–Crippen LogP) is 11.6. The van der Waals surface area contributed by atoms with Gasteiger partial charge in [0.25, 0.3) is 0 Å². The van der Waals surface area contributed by atoms with Crippen LogP contribution in [0.25, 0.3) is 0 Å². The molecule has 2 heterocycles. The molecule has 1 aliphatic carbocycles. The molecule has 2 aliphatic heterocycles. The van der Waals surface area contributed by atoms with Crippen molar-refractivity contribution in [2.75, 3.05) is 23.9 Å². The van der Waals surface area contributed by atoms with Crippen LogP contribution in [0.2, 0.25) is 0 Å². The van der Waals surface area contributed by atoms with E-state index in [2.05, 4.69) is 137 Å². The number of benzene rings is 2. The van der Waals surface area contributed by atoms with Crippen molar-refractivity contribution in [3.63, 3.8) is 0 Å². The van der Waals surface area contributed by atoms with Crippen LogP contribution in [0.4, 0.5) is 11.4 Å². The highest BCUT2D eigenvalue weighted by Gasteiger charge is 2.45. The minimum absolute atomic E-state index is 0.0504. The number of Topliss-reactive ketones (excluding diaryl/α,β-unsaturated/α-hetero) is 1. The lowest BCUT2D eigenvalue weighted by molar-refractivity contribution is -0.111. The minimum atomic E-state index is 0.0504. The Kier molecular flexibility index (Phi) is 11.6. The van der Waals surface area contributed by atoms with E-state index < -0.39 is 0 Å². The number of nitrogens with zero attached hydrogens (tertiary/aromatic N) is 2. The summed E-state index contributed by atoms with van der Waals surface area (Å²) in [5.74, 6) is 0.175. The zero-order valence-electron chi connectivity index (χ0n) is 30.3. The summed E-state index contributed by atoms with van der Waals surface area (Å²) in [7, 11) is 4.40. The highest BCUT2D eigenvalue weighted by molar-refractivity contribution is 6.11. The Morgan fingerprint density at radius 1 is 0.542 bits per heavy atom. The maximum absolute atomic E-state index is 13.2. The normalized spacial score (nSPS) is 21.8. The van der Waals surface area contributed by atoms with E-state index in [-0.39, 0.29) is 16.6 Å². The van der Waals surface area contributed by atoms with Crippen molar-refractivity contribution in [1.29, 1.82) is 0 Å². The number of hydrogen-bond acceptors (Lipinski definition) is 3. The molecule has 0 N–H and O–H groups in total. The minimum Gasteiger partial charge on any atom is -0.347 e. The Hall–Kier alpha value is -4.11. The van der Waals surface area contributed by atoms with Crippen molar-refractivity contribution in [2.45, 2.75) is 103 Å². The Bertz CT molecular complexity index is 1660. The molecular weight excluding hydrogens is 585 g/mol. The fourth-order valence-electron chi connectivity index (χ4n) is 8.86. The number of para-hydroxylation sites is 2. The van der Waals surface area contributed by atoms with Gasteiger partial charge in [-0.2, -0.15) is 0 Å². The summed E-state index contributed by atoms with van der Waals surface area (Å²) in [5, 5.41) is 0. The van der Waals surface area contributed by atoms with Gasteiger partial charge in [0.2, 0.25) is 0 Å². The molecule has 0 saturated heterocycles. The summed E-state index contributed by atoms with van der Waals surface area (Å²) in [5.41, 5.74) is 10.2. The monoisotopic (exact) mass is 640 g/mol. The number of allylic oxidation sites excluding steroid dienone is 14. The second-order valence-corrected chi connectivity index (χ2v) is 13.8. The summed E-state index contributed by atoms with van der Waals surface area (Å²) in [6, 6.07) is 17.8. The van der Waals surface area contributed by atoms with Gasteiger partial charge in [-0.3, -0.25) is 4.79 Å². The van der Waals surface area contributed by atoms with Crippen LogP contribution in [-0.4, -0.2) is 19.9 Å². The van der Waals surface area contributed by atoms with Gasteiger partial charge in [-0.1, -0.05) is 138 Å². The van der Waals surface area contributed by atoms with Crippen molar-refractivity contribution >= 4 is 17.2 Å². The van der Waals surface area contributed by atoms with E-state index in [1.807, 2.05) is 24.3 Å². The molecule has 48 heavy (non-hydrogen) atoms. The van der Waals surface area contributed by atoms with Gasteiger partial charge in [-0.25, -0.2) is 0 Å². The summed E-state index contributed by atoms with van der Waals surface area (Å²) < 4.78 is 0. The SMILES string of the molecule is CCCC1(CCC)\C(=C/C=C/C=C/C=C2\CC\C(=C/C=C/C=C3/N(C)c4ccccc4C3(CCC)CCC)C2=O)N(C)c2ccccc21. The van der Waals surface area contributed by atoms with E-state index >= 15 is 0 Å². The molecule has 2 aromatic carbocycles. The van der Waals surface area contributed by atoms with E-state index in [0.29, 0.717) is 0 Å². The van der Waals surface area contributed by atoms with Crippen molar-refractivity contribution < 1.29 is 4.79 Å². The number of carbonyl (C=O) groups is 1. The zero-order chi connectivity index (χ0) is 34.1. The van der Waals surface area contributed by atoms with Gasteiger partial charge in [0.15, 0.2) is 5.78 Å². The van der Waals surface area contributed by atoms with Gasteiger partial charge in [0.1, 0.15) is 0 Å². The van der Waals surface area contributed by atoms with E-state index in [4.69, 9.17) is 0 Å². The molecule has 0 unspecified atom stereocenters. The maximum Gasteiger partial charge on any atom is 0.185 e. The molecule has 0 spiro atoms. The molecule has 3 aliphatic rings. The Labute approximate surface area is 290 Å². The van der Waals surface area contributed by atoms with Crippen LogP contribution in [-0.2, 0) is 15.6 Å². The molecule has 3 heteroatoms. The first-order chi connectivity index (χ1) is 23.4. The molecule has 1 fully saturated rings. The topological polar surface area (TPSA) is 23.6 Å². The molecule has 252 valence electrons. The van der Waals surface area contributed by atoms with E-state index in [9.17, 15) is 4.79 Å². The number of hydrogen-bond donors (Lipinski definition) is 0. The van der Waals surface area contributed by atoms with Crippen molar-refractivity contribution in [3.8, 4) is 0 Å². The van der Waals surface area contributed by atoms with Crippen molar-refractivity contribution in [3.05, 3.63) is 143 Å². The third-order valence-electron chi connectivity index (χ3n) is 10.8. The van der Waals surface area contributed by atoms with Gasteiger partial charge in [0, 0.05) is 58.8 Å². The molecule has 5 rings (SSSR count). The lowest BCUT2D eigenvalue weighted by atomic mass is 9.72. The van der Waals surface area contributed by atoms with Gasteiger partial charge < -0.3 is 9.80 Å². The van der Waals surface area contributed by atoms with Crippen LogP contribution >= 0.6 is 0 Å². The second kappa shape index (κ2) is 15.9. The van der Waals surface area contributed by atoms with Gasteiger partial charge in [-0.15, -0.1) is 0 Å². The molecule has 0 radical (unpaired) electrons.